The summed E-state index contributed by atoms with van der Waals surface area (Å²) in [6, 6.07) is 3.78. The molecule has 1 unspecified atom stereocenters. The Morgan fingerprint density at radius 1 is 1.62 bits per heavy atom. The number of carbonyl (C=O) groups excluding carboxylic acids is 1. The summed E-state index contributed by atoms with van der Waals surface area (Å²) in [7, 11) is 0. The van der Waals surface area contributed by atoms with Gasteiger partial charge in [-0.2, -0.15) is 0 Å². The molecule has 0 spiro atoms. The van der Waals surface area contributed by atoms with Gasteiger partial charge in [0.2, 0.25) is 5.91 Å². The molecule has 0 bridgehead atoms. The second-order valence-corrected chi connectivity index (χ2v) is 4.60. The van der Waals surface area contributed by atoms with Crippen LogP contribution >= 0.6 is 15.9 Å². The van der Waals surface area contributed by atoms with E-state index in [4.69, 9.17) is 6.42 Å². The first-order chi connectivity index (χ1) is 7.61. The maximum Gasteiger partial charge on any atom is 0.229 e. The first-order valence-electron chi connectivity index (χ1n) is 5.01. The maximum atomic E-state index is 11.7. The van der Waals surface area contributed by atoms with Crippen molar-refractivity contribution in [1.82, 2.24) is 4.98 Å². The van der Waals surface area contributed by atoms with Crippen molar-refractivity contribution in [3.8, 4) is 12.3 Å². The molecule has 1 saturated heterocycles. The number of terminal acetylenes is 1. The molecule has 2 heterocycles. The number of pyridine rings is 1. The van der Waals surface area contributed by atoms with Gasteiger partial charge in [-0.15, -0.1) is 12.3 Å². The number of halogens is 1. The summed E-state index contributed by atoms with van der Waals surface area (Å²) in [5.41, 5.74) is 1.05. The van der Waals surface area contributed by atoms with Gasteiger partial charge in [0.1, 0.15) is 10.4 Å². The van der Waals surface area contributed by atoms with Crippen molar-refractivity contribution in [2.45, 2.75) is 13.3 Å². The van der Waals surface area contributed by atoms with Crippen molar-refractivity contribution in [3.63, 3.8) is 0 Å². The summed E-state index contributed by atoms with van der Waals surface area (Å²) in [5, 5.41) is 0. The molecule has 1 aromatic heterocycles. The molecule has 1 aliphatic heterocycles. The lowest BCUT2D eigenvalue weighted by molar-refractivity contribution is -0.117. The maximum absolute atomic E-state index is 11.7. The third kappa shape index (κ3) is 1.96. The SMILES string of the molecule is C#CC1CC(=O)N(c2ccc(C)c(Br)n2)C1. The van der Waals surface area contributed by atoms with E-state index in [1.807, 2.05) is 19.1 Å². The molecule has 0 saturated carbocycles. The highest BCUT2D eigenvalue weighted by molar-refractivity contribution is 9.10. The Bertz CT molecular complexity index is 478. The molecule has 4 heteroatoms. The Hall–Kier alpha value is -1.34. The van der Waals surface area contributed by atoms with Gasteiger partial charge in [0.25, 0.3) is 0 Å². The molecule has 1 fully saturated rings. The van der Waals surface area contributed by atoms with Crippen LogP contribution in [0.15, 0.2) is 16.7 Å². The van der Waals surface area contributed by atoms with E-state index in [1.165, 1.54) is 0 Å². The summed E-state index contributed by atoms with van der Waals surface area (Å²) >= 11 is 3.36. The Morgan fingerprint density at radius 2 is 2.38 bits per heavy atom. The molecule has 0 radical (unpaired) electrons. The molecular formula is C12H11BrN2O. The first kappa shape index (κ1) is 11.2. The molecule has 0 aliphatic carbocycles. The number of nitrogens with zero attached hydrogens (tertiary/aromatic N) is 2. The number of aromatic nitrogens is 1. The van der Waals surface area contributed by atoms with Crippen LogP contribution in [0.1, 0.15) is 12.0 Å². The number of carbonyl (C=O) groups is 1. The quantitative estimate of drug-likeness (QED) is 0.583. The van der Waals surface area contributed by atoms with Crippen LogP contribution in [0.3, 0.4) is 0 Å². The molecule has 82 valence electrons. The monoisotopic (exact) mass is 278 g/mol. The molecule has 16 heavy (non-hydrogen) atoms. The van der Waals surface area contributed by atoms with Crippen molar-refractivity contribution < 1.29 is 4.79 Å². The third-order valence-corrected chi connectivity index (χ3v) is 3.46. The van der Waals surface area contributed by atoms with Gasteiger partial charge in [0.05, 0.1) is 0 Å². The van der Waals surface area contributed by atoms with E-state index in [1.54, 1.807) is 4.90 Å². The molecule has 0 aromatic carbocycles. The zero-order valence-electron chi connectivity index (χ0n) is 8.90. The summed E-state index contributed by atoms with van der Waals surface area (Å²) < 4.78 is 0.766. The molecular weight excluding hydrogens is 268 g/mol. The Kier molecular flexibility index (Phi) is 2.97. The minimum atomic E-state index is 0.00868. The highest BCUT2D eigenvalue weighted by Gasteiger charge is 2.30. The van der Waals surface area contributed by atoms with Crippen molar-refractivity contribution >= 4 is 27.7 Å². The lowest BCUT2D eigenvalue weighted by Gasteiger charge is -2.15. The highest BCUT2D eigenvalue weighted by atomic mass is 79.9. The van der Waals surface area contributed by atoms with Gasteiger partial charge in [-0.25, -0.2) is 4.98 Å². The minimum Gasteiger partial charge on any atom is -0.295 e. The van der Waals surface area contributed by atoms with Crippen LogP contribution < -0.4 is 4.90 Å². The van der Waals surface area contributed by atoms with Crippen LogP contribution in [0.5, 0.6) is 0 Å². The first-order valence-corrected chi connectivity index (χ1v) is 5.80. The number of rotatable bonds is 1. The van der Waals surface area contributed by atoms with Crippen molar-refractivity contribution in [3.05, 3.63) is 22.3 Å². The largest absolute Gasteiger partial charge is 0.295 e. The van der Waals surface area contributed by atoms with Crippen LogP contribution in [0.25, 0.3) is 0 Å². The molecule has 3 nitrogen and oxygen atoms in total. The van der Waals surface area contributed by atoms with Gasteiger partial charge < -0.3 is 0 Å². The smallest absolute Gasteiger partial charge is 0.229 e. The van der Waals surface area contributed by atoms with Crippen LogP contribution in [0.4, 0.5) is 5.82 Å². The normalized spacial score (nSPS) is 19.9. The summed E-state index contributed by atoms with van der Waals surface area (Å²) in [6.07, 6.45) is 5.75. The molecule has 2 rings (SSSR count). The van der Waals surface area contributed by atoms with E-state index < -0.39 is 0 Å². The van der Waals surface area contributed by atoms with E-state index in [2.05, 4.69) is 26.8 Å². The fourth-order valence-electron chi connectivity index (χ4n) is 1.69. The lowest BCUT2D eigenvalue weighted by atomic mass is 10.1. The van der Waals surface area contributed by atoms with E-state index >= 15 is 0 Å². The van der Waals surface area contributed by atoms with E-state index in [-0.39, 0.29) is 11.8 Å². The van der Waals surface area contributed by atoms with Crippen molar-refractivity contribution in [2.75, 3.05) is 11.4 Å². The number of hydrogen-bond donors (Lipinski definition) is 0. The average Bonchev–Trinajstić information content (AvgIpc) is 2.64. The zero-order valence-corrected chi connectivity index (χ0v) is 10.5. The second kappa shape index (κ2) is 4.26. The molecule has 1 aliphatic rings. The lowest BCUT2D eigenvalue weighted by Crippen LogP contribution is -2.25. The van der Waals surface area contributed by atoms with Gasteiger partial charge in [-0.05, 0) is 34.5 Å². The van der Waals surface area contributed by atoms with Gasteiger partial charge in [-0.1, -0.05) is 6.07 Å². The van der Waals surface area contributed by atoms with E-state index in [0.29, 0.717) is 18.8 Å². The minimum absolute atomic E-state index is 0.00868. The average molecular weight is 279 g/mol. The Labute approximate surface area is 103 Å². The Morgan fingerprint density at radius 3 is 2.94 bits per heavy atom. The molecule has 1 atom stereocenters. The number of amides is 1. The predicted octanol–water partition coefficient (Wildman–Crippen LogP) is 2.14. The zero-order chi connectivity index (χ0) is 11.7. The van der Waals surface area contributed by atoms with Crippen molar-refractivity contribution in [2.24, 2.45) is 5.92 Å². The third-order valence-electron chi connectivity index (χ3n) is 2.66. The van der Waals surface area contributed by atoms with E-state index in [9.17, 15) is 4.79 Å². The van der Waals surface area contributed by atoms with Crippen LogP contribution in [0.2, 0.25) is 0 Å². The fraction of sp³-hybridized carbons (Fsp3) is 0.333. The summed E-state index contributed by atoms with van der Waals surface area (Å²) in [5.74, 6) is 3.34. The van der Waals surface area contributed by atoms with Crippen molar-refractivity contribution in [1.29, 1.82) is 0 Å². The van der Waals surface area contributed by atoms with Gasteiger partial charge in [0.15, 0.2) is 0 Å². The van der Waals surface area contributed by atoms with Crippen LogP contribution in [0, 0.1) is 25.2 Å². The molecule has 0 N–H and O–H groups in total. The highest BCUT2D eigenvalue weighted by Crippen LogP contribution is 2.25. The number of anilines is 1. The van der Waals surface area contributed by atoms with Gasteiger partial charge in [-0.3, -0.25) is 9.69 Å². The topological polar surface area (TPSA) is 33.2 Å². The van der Waals surface area contributed by atoms with Crippen LogP contribution in [-0.2, 0) is 4.79 Å². The van der Waals surface area contributed by atoms with Gasteiger partial charge >= 0.3 is 0 Å². The number of hydrogen-bond acceptors (Lipinski definition) is 2. The molecule has 1 amide bonds. The van der Waals surface area contributed by atoms with Crippen LogP contribution in [-0.4, -0.2) is 17.4 Å². The van der Waals surface area contributed by atoms with E-state index in [0.717, 1.165) is 10.2 Å². The molecule has 1 aromatic rings. The predicted molar refractivity (Wildman–Crippen MR) is 66.0 cm³/mol. The second-order valence-electron chi connectivity index (χ2n) is 3.85. The summed E-state index contributed by atoms with van der Waals surface area (Å²) in [6.45, 7) is 2.52. The van der Waals surface area contributed by atoms with Gasteiger partial charge in [0, 0.05) is 18.9 Å². The fourth-order valence-corrected chi connectivity index (χ4v) is 2.00. The standard InChI is InChI=1S/C12H11BrN2O/c1-3-9-6-11(16)15(7-9)10-5-4-8(2)12(13)14-10/h1,4-5,9H,6-7H2,2H3. The summed E-state index contributed by atoms with van der Waals surface area (Å²) in [4.78, 5) is 17.7. The Balaban J connectivity index is 2.29. The number of aryl methyl sites for hydroxylation is 1.